The van der Waals surface area contributed by atoms with E-state index in [2.05, 4.69) is 9.97 Å². The van der Waals surface area contributed by atoms with Crippen LogP contribution in [0.2, 0.25) is 0 Å². The highest BCUT2D eigenvalue weighted by Gasteiger charge is 2.05. The zero-order chi connectivity index (χ0) is 9.97. The lowest BCUT2D eigenvalue weighted by Crippen LogP contribution is -2.02. The molecule has 0 aliphatic rings. The minimum absolute atomic E-state index is 0.358. The lowest BCUT2D eigenvalue weighted by molar-refractivity contribution is -0.131. The molecular weight excluding hydrogens is 180 g/mol. The minimum Gasteiger partial charge on any atom is -0.424 e. The second-order valence-corrected chi connectivity index (χ2v) is 2.77. The molecule has 2 aromatic rings. The molecule has 70 valence electrons. The number of esters is 1. The van der Waals surface area contributed by atoms with E-state index in [1.807, 2.05) is 6.07 Å². The van der Waals surface area contributed by atoms with Gasteiger partial charge in [-0.2, -0.15) is 0 Å². The van der Waals surface area contributed by atoms with Gasteiger partial charge in [0.2, 0.25) is 0 Å². The molecule has 0 aromatic carbocycles. The summed E-state index contributed by atoms with van der Waals surface area (Å²) >= 11 is 0. The average Bonchev–Trinajstić information content (AvgIpc) is 2.18. The van der Waals surface area contributed by atoms with Crippen molar-refractivity contribution in [1.29, 1.82) is 0 Å². The molecule has 0 bridgehead atoms. The Balaban J connectivity index is 2.59. The monoisotopic (exact) mass is 188 g/mol. The van der Waals surface area contributed by atoms with E-state index in [9.17, 15) is 4.79 Å². The highest BCUT2D eigenvalue weighted by molar-refractivity contribution is 5.83. The Morgan fingerprint density at radius 2 is 2.14 bits per heavy atom. The van der Waals surface area contributed by atoms with Crippen LogP contribution in [-0.4, -0.2) is 15.9 Å². The number of carbonyl (C=O) groups excluding carboxylic acids is 1. The molecule has 0 unspecified atom stereocenters. The Bertz CT molecular complexity index is 477. The molecule has 0 fully saturated rings. The van der Waals surface area contributed by atoms with Crippen LogP contribution in [0.1, 0.15) is 6.92 Å². The topological polar surface area (TPSA) is 52.1 Å². The fourth-order valence-corrected chi connectivity index (χ4v) is 1.19. The molecule has 0 saturated carbocycles. The number of aromatic nitrogens is 2. The summed E-state index contributed by atoms with van der Waals surface area (Å²) < 4.78 is 4.99. The van der Waals surface area contributed by atoms with E-state index in [4.69, 9.17) is 4.74 Å². The predicted octanol–water partition coefficient (Wildman–Crippen LogP) is 1.56. The number of pyridine rings is 2. The van der Waals surface area contributed by atoms with Crippen LogP contribution in [0.5, 0.6) is 5.75 Å². The maximum absolute atomic E-state index is 10.8. The first kappa shape index (κ1) is 8.62. The largest absolute Gasteiger partial charge is 0.424 e. The number of rotatable bonds is 1. The second-order valence-electron chi connectivity index (χ2n) is 2.77. The Labute approximate surface area is 80.6 Å². The molecular formula is C10H8N2O2. The molecule has 4 heteroatoms. The van der Waals surface area contributed by atoms with Gasteiger partial charge in [0.1, 0.15) is 5.52 Å². The van der Waals surface area contributed by atoms with Gasteiger partial charge in [-0.15, -0.1) is 0 Å². The predicted molar refractivity (Wildman–Crippen MR) is 50.8 cm³/mol. The molecule has 2 heterocycles. The molecule has 0 radical (unpaired) electrons. The summed E-state index contributed by atoms with van der Waals surface area (Å²) in [6.45, 7) is 1.36. The van der Waals surface area contributed by atoms with Crippen molar-refractivity contribution in [2.75, 3.05) is 0 Å². The molecule has 0 spiro atoms. The third-order valence-corrected chi connectivity index (χ3v) is 1.71. The molecule has 0 N–H and O–H groups in total. The lowest BCUT2D eigenvalue weighted by Gasteiger charge is -2.03. The number of hydrogen-bond donors (Lipinski definition) is 0. The minimum atomic E-state index is -0.358. The summed E-state index contributed by atoms with van der Waals surface area (Å²) in [7, 11) is 0. The molecule has 0 amide bonds. The van der Waals surface area contributed by atoms with E-state index in [0.717, 1.165) is 0 Å². The maximum Gasteiger partial charge on any atom is 0.308 e. The summed E-state index contributed by atoms with van der Waals surface area (Å²) in [5, 5.41) is 0. The summed E-state index contributed by atoms with van der Waals surface area (Å²) in [6.07, 6.45) is 3.22. The van der Waals surface area contributed by atoms with Crippen LogP contribution in [0.4, 0.5) is 0 Å². The molecule has 0 saturated heterocycles. The van der Waals surface area contributed by atoms with Gasteiger partial charge in [-0.05, 0) is 12.1 Å². The Morgan fingerprint density at radius 1 is 1.29 bits per heavy atom. The molecule has 0 atom stereocenters. The number of nitrogens with zero attached hydrogens (tertiary/aromatic N) is 2. The van der Waals surface area contributed by atoms with Crippen molar-refractivity contribution in [3.05, 3.63) is 30.6 Å². The van der Waals surface area contributed by atoms with Gasteiger partial charge in [-0.1, -0.05) is 0 Å². The van der Waals surface area contributed by atoms with Crippen molar-refractivity contribution in [2.45, 2.75) is 6.92 Å². The van der Waals surface area contributed by atoms with Crippen molar-refractivity contribution in [3.8, 4) is 5.75 Å². The first-order chi connectivity index (χ1) is 6.77. The number of hydrogen-bond acceptors (Lipinski definition) is 4. The SMILES string of the molecule is CC(=O)Oc1ccnc2cccnc12. The van der Waals surface area contributed by atoms with Crippen LogP contribution in [0, 0.1) is 0 Å². The average molecular weight is 188 g/mol. The highest BCUT2D eigenvalue weighted by atomic mass is 16.5. The molecule has 2 aromatic heterocycles. The van der Waals surface area contributed by atoms with Crippen molar-refractivity contribution in [2.24, 2.45) is 0 Å². The lowest BCUT2D eigenvalue weighted by atomic mass is 10.3. The van der Waals surface area contributed by atoms with Gasteiger partial charge < -0.3 is 4.74 Å². The molecule has 0 aliphatic heterocycles. The molecule has 2 rings (SSSR count). The van der Waals surface area contributed by atoms with Gasteiger partial charge in [-0.3, -0.25) is 14.8 Å². The van der Waals surface area contributed by atoms with Crippen LogP contribution >= 0.6 is 0 Å². The number of carbonyl (C=O) groups is 1. The summed E-state index contributed by atoms with van der Waals surface area (Å²) in [5.41, 5.74) is 1.32. The Hall–Kier alpha value is -1.97. The molecule has 4 nitrogen and oxygen atoms in total. The first-order valence-electron chi connectivity index (χ1n) is 4.15. The zero-order valence-corrected chi connectivity index (χ0v) is 7.60. The van der Waals surface area contributed by atoms with Crippen LogP contribution in [0.3, 0.4) is 0 Å². The van der Waals surface area contributed by atoms with E-state index in [-0.39, 0.29) is 5.97 Å². The fourth-order valence-electron chi connectivity index (χ4n) is 1.19. The van der Waals surface area contributed by atoms with E-state index in [1.54, 1.807) is 24.5 Å². The number of ether oxygens (including phenoxy) is 1. The van der Waals surface area contributed by atoms with Crippen LogP contribution in [0.25, 0.3) is 11.0 Å². The van der Waals surface area contributed by atoms with Crippen molar-refractivity contribution in [3.63, 3.8) is 0 Å². The van der Waals surface area contributed by atoms with Gasteiger partial charge in [0.15, 0.2) is 5.75 Å². The Morgan fingerprint density at radius 3 is 2.93 bits per heavy atom. The smallest absolute Gasteiger partial charge is 0.308 e. The van der Waals surface area contributed by atoms with Crippen LogP contribution in [0.15, 0.2) is 30.6 Å². The summed E-state index contributed by atoms with van der Waals surface area (Å²) in [6, 6.07) is 5.22. The van der Waals surface area contributed by atoms with Crippen molar-refractivity contribution < 1.29 is 9.53 Å². The van der Waals surface area contributed by atoms with Gasteiger partial charge in [0.25, 0.3) is 0 Å². The molecule has 0 aliphatic carbocycles. The summed E-state index contributed by atoms with van der Waals surface area (Å²) in [4.78, 5) is 19.0. The zero-order valence-electron chi connectivity index (χ0n) is 7.60. The third-order valence-electron chi connectivity index (χ3n) is 1.71. The van der Waals surface area contributed by atoms with Crippen molar-refractivity contribution >= 4 is 17.0 Å². The van der Waals surface area contributed by atoms with Crippen LogP contribution in [-0.2, 0) is 4.79 Å². The molecule has 14 heavy (non-hydrogen) atoms. The van der Waals surface area contributed by atoms with Crippen molar-refractivity contribution in [1.82, 2.24) is 9.97 Å². The second kappa shape index (κ2) is 3.41. The maximum atomic E-state index is 10.8. The fraction of sp³-hybridized carbons (Fsp3) is 0.100. The van der Waals surface area contributed by atoms with Gasteiger partial charge in [-0.25, -0.2) is 0 Å². The third kappa shape index (κ3) is 1.54. The van der Waals surface area contributed by atoms with Gasteiger partial charge in [0.05, 0.1) is 5.52 Å². The van der Waals surface area contributed by atoms with E-state index in [0.29, 0.717) is 16.8 Å². The Kier molecular flexibility index (Phi) is 2.10. The van der Waals surface area contributed by atoms with Crippen LogP contribution < -0.4 is 4.74 Å². The summed E-state index contributed by atoms with van der Waals surface area (Å²) in [5.74, 6) is 0.0891. The quantitative estimate of drug-likeness (QED) is 0.637. The standard InChI is InChI=1S/C10H8N2O2/c1-7(13)14-9-4-6-11-8-3-2-5-12-10(8)9/h2-6H,1H3. The normalized spacial score (nSPS) is 10.1. The first-order valence-corrected chi connectivity index (χ1v) is 4.15. The highest BCUT2D eigenvalue weighted by Crippen LogP contribution is 2.20. The van der Waals surface area contributed by atoms with E-state index >= 15 is 0 Å². The van der Waals surface area contributed by atoms with E-state index in [1.165, 1.54) is 6.92 Å². The number of fused-ring (bicyclic) bond motifs is 1. The van der Waals surface area contributed by atoms with E-state index < -0.39 is 0 Å². The van der Waals surface area contributed by atoms with Gasteiger partial charge >= 0.3 is 5.97 Å². The van der Waals surface area contributed by atoms with Gasteiger partial charge in [0, 0.05) is 25.4 Å².